The fourth-order valence-electron chi connectivity index (χ4n) is 0. The van der Waals surface area contributed by atoms with Crippen molar-refractivity contribution in [2.75, 3.05) is 0 Å². The van der Waals surface area contributed by atoms with E-state index in [9.17, 15) is 18.0 Å². The smallest absolute Gasteiger partial charge is 0.282 e. The predicted molar refractivity (Wildman–Crippen MR) is 34.1 cm³/mol. The van der Waals surface area contributed by atoms with Crippen LogP contribution in [-0.2, 0) is 14.9 Å². The van der Waals surface area contributed by atoms with Gasteiger partial charge in [-0.25, -0.2) is 0 Å². The van der Waals surface area contributed by atoms with Crippen molar-refractivity contribution in [3.05, 3.63) is 0 Å². The minimum Gasteiger partial charge on any atom is -0.282 e. The Morgan fingerprint density at radius 1 is 1.42 bits per heavy atom. The quantitative estimate of drug-likeness (QED) is 0.384. The largest absolute Gasteiger partial charge is 0.522 e. The molecule has 0 atom stereocenters. The van der Waals surface area contributed by atoms with Crippen molar-refractivity contribution in [2.24, 2.45) is 0 Å². The Labute approximate surface area is 71.1 Å². The number of hydrogen-bond acceptors (Lipinski definition) is 3. The van der Waals surface area contributed by atoms with Gasteiger partial charge in [0.2, 0.25) is 5.24 Å². The molecule has 4 nitrogen and oxygen atoms in total. The minimum absolute atomic E-state index is 0.361. The summed E-state index contributed by atoms with van der Waals surface area (Å²) in [7, 11) is -5.84. The molecular formula is C3H4ClF3O4S. The fourth-order valence-corrected chi connectivity index (χ4v) is 0. The summed E-state index contributed by atoms with van der Waals surface area (Å²) in [6.45, 7) is 1.29. The number of hydrogen-bond donors (Lipinski definition) is 1. The first-order valence-corrected chi connectivity index (χ1v) is 4.00. The number of carbonyl (C=O) groups excluding carboxylic acids is 1. The Balaban J connectivity index is 0. The molecule has 0 amide bonds. The molecule has 12 heavy (non-hydrogen) atoms. The molecule has 0 heterocycles. The Bertz CT molecular complexity index is 239. The SMILES string of the molecule is CC(=O)Cl.O=S(=O)(O)C(F)(F)F. The molecule has 74 valence electrons. The van der Waals surface area contributed by atoms with Crippen molar-refractivity contribution >= 4 is 27.0 Å². The van der Waals surface area contributed by atoms with Crippen LogP contribution in [0.2, 0.25) is 0 Å². The van der Waals surface area contributed by atoms with Gasteiger partial charge in [-0.3, -0.25) is 9.35 Å². The summed E-state index contributed by atoms with van der Waals surface area (Å²) in [6.07, 6.45) is 0. The minimum atomic E-state index is -5.84. The maximum Gasteiger partial charge on any atom is 0.522 e. The highest BCUT2D eigenvalue weighted by Gasteiger charge is 2.44. The van der Waals surface area contributed by atoms with Crippen LogP contribution in [0.4, 0.5) is 13.2 Å². The number of carbonyl (C=O) groups is 1. The molecule has 0 radical (unpaired) electrons. The van der Waals surface area contributed by atoms with Crippen LogP contribution < -0.4 is 0 Å². The van der Waals surface area contributed by atoms with Gasteiger partial charge in [-0.1, -0.05) is 0 Å². The van der Waals surface area contributed by atoms with Crippen LogP contribution in [-0.4, -0.2) is 23.7 Å². The monoisotopic (exact) mass is 228 g/mol. The number of alkyl halides is 3. The van der Waals surface area contributed by atoms with Gasteiger partial charge in [-0.15, -0.1) is 0 Å². The second kappa shape index (κ2) is 4.63. The topological polar surface area (TPSA) is 71.4 Å². The van der Waals surface area contributed by atoms with E-state index < -0.39 is 15.6 Å². The molecule has 0 aliphatic heterocycles. The molecular weight excluding hydrogens is 225 g/mol. The Morgan fingerprint density at radius 3 is 1.50 bits per heavy atom. The third-order valence-corrected chi connectivity index (χ3v) is 0.877. The number of rotatable bonds is 0. The summed E-state index contributed by atoms with van der Waals surface area (Å²) in [6, 6.07) is 0. The molecule has 0 unspecified atom stereocenters. The van der Waals surface area contributed by atoms with Crippen LogP contribution >= 0.6 is 11.6 Å². The molecule has 0 bridgehead atoms. The van der Waals surface area contributed by atoms with Gasteiger partial charge < -0.3 is 0 Å². The third kappa shape index (κ3) is 9.66. The van der Waals surface area contributed by atoms with Crippen molar-refractivity contribution < 1.29 is 30.9 Å². The van der Waals surface area contributed by atoms with Crippen molar-refractivity contribution in [1.82, 2.24) is 0 Å². The predicted octanol–water partition coefficient (Wildman–Crippen LogP) is 1.17. The normalized spacial score (nSPS) is 11.5. The first kappa shape index (κ1) is 14.2. The molecule has 0 aliphatic rings. The summed E-state index contributed by atoms with van der Waals surface area (Å²) in [5.74, 6) is 0. The highest BCUT2D eigenvalue weighted by molar-refractivity contribution is 7.86. The fraction of sp³-hybridized carbons (Fsp3) is 0.667. The van der Waals surface area contributed by atoms with E-state index >= 15 is 0 Å². The molecule has 0 rings (SSSR count). The molecule has 0 spiro atoms. The highest BCUT2D eigenvalue weighted by atomic mass is 35.5. The van der Waals surface area contributed by atoms with Crippen molar-refractivity contribution in [3.63, 3.8) is 0 Å². The van der Waals surface area contributed by atoms with Gasteiger partial charge in [0.25, 0.3) is 0 Å². The molecule has 0 aliphatic carbocycles. The van der Waals surface area contributed by atoms with E-state index in [1.54, 1.807) is 0 Å². The Kier molecular flexibility index (Phi) is 5.48. The maximum atomic E-state index is 10.7. The van der Waals surface area contributed by atoms with Crippen molar-refractivity contribution in [3.8, 4) is 0 Å². The second-order valence-electron chi connectivity index (χ2n) is 1.39. The summed E-state index contributed by atoms with van der Waals surface area (Å²) >= 11 is 4.64. The molecule has 0 aromatic rings. The van der Waals surface area contributed by atoms with Gasteiger partial charge in [0, 0.05) is 6.92 Å². The molecule has 0 saturated heterocycles. The van der Waals surface area contributed by atoms with Gasteiger partial charge in [-0.2, -0.15) is 21.6 Å². The second-order valence-corrected chi connectivity index (χ2v) is 3.34. The van der Waals surface area contributed by atoms with Gasteiger partial charge in [-0.05, 0) is 11.6 Å². The van der Waals surface area contributed by atoms with Crippen molar-refractivity contribution in [1.29, 1.82) is 0 Å². The Hall–Kier alpha value is -0.340. The first-order valence-electron chi connectivity index (χ1n) is 2.18. The van der Waals surface area contributed by atoms with Crippen LogP contribution in [0.5, 0.6) is 0 Å². The standard InChI is InChI=1S/C2H3ClO.CHF3O3S/c1-2(3)4;2-1(3,4)8(5,6)7/h1H3;(H,5,6,7). The Morgan fingerprint density at radius 2 is 1.50 bits per heavy atom. The van der Waals surface area contributed by atoms with Gasteiger partial charge in [0.1, 0.15) is 0 Å². The van der Waals surface area contributed by atoms with E-state index in [1.165, 1.54) is 6.92 Å². The summed E-state index contributed by atoms with van der Waals surface area (Å²) < 4.78 is 57.5. The van der Waals surface area contributed by atoms with Crippen LogP contribution in [0, 0.1) is 0 Å². The lowest BCUT2D eigenvalue weighted by atomic mass is 10.9. The van der Waals surface area contributed by atoms with E-state index in [0.717, 1.165) is 0 Å². The van der Waals surface area contributed by atoms with E-state index in [4.69, 9.17) is 13.0 Å². The van der Waals surface area contributed by atoms with Gasteiger partial charge in [0.15, 0.2) is 0 Å². The zero-order valence-electron chi connectivity index (χ0n) is 5.59. The molecule has 0 aromatic carbocycles. The third-order valence-electron chi connectivity index (χ3n) is 0.292. The van der Waals surface area contributed by atoms with Gasteiger partial charge in [0.05, 0.1) is 0 Å². The summed E-state index contributed by atoms with van der Waals surface area (Å²) in [4.78, 5) is 9.21. The highest BCUT2D eigenvalue weighted by Crippen LogP contribution is 2.20. The van der Waals surface area contributed by atoms with E-state index in [-0.39, 0.29) is 5.24 Å². The van der Waals surface area contributed by atoms with E-state index in [2.05, 4.69) is 11.6 Å². The van der Waals surface area contributed by atoms with Crippen molar-refractivity contribution in [2.45, 2.75) is 12.4 Å². The van der Waals surface area contributed by atoms with E-state index in [0.29, 0.717) is 0 Å². The maximum absolute atomic E-state index is 10.7. The summed E-state index contributed by atoms with van der Waals surface area (Å²) in [5.41, 5.74) is -5.53. The lowest BCUT2D eigenvalue weighted by Crippen LogP contribution is -2.21. The molecule has 0 aromatic heterocycles. The summed E-state index contributed by atoms with van der Waals surface area (Å²) in [5, 5.41) is -0.361. The van der Waals surface area contributed by atoms with Crippen LogP contribution in [0.15, 0.2) is 0 Å². The van der Waals surface area contributed by atoms with Crippen LogP contribution in [0.1, 0.15) is 6.92 Å². The van der Waals surface area contributed by atoms with Crippen LogP contribution in [0.25, 0.3) is 0 Å². The zero-order valence-corrected chi connectivity index (χ0v) is 7.16. The molecule has 0 fully saturated rings. The average molecular weight is 229 g/mol. The van der Waals surface area contributed by atoms with Crippen LogP contribution in [0.3, 0.4) is 0 Å². The lowest BCUT2D eigenvalue weighted by Gasteiger charge is -1.97. The molecule has 1 N–H and O–H groups in total. The number of halogens is 4. The first-order chi connectivity index (χ1) is 4.98. The lowest BCUT2D eigenvalue weighted by molar-refractivity contribution is -0.109. The molecule has 9 heteroatoms. The average Bonchev–Trinajstić information content (AvgIpc) is 1.55. The van der Waals surface area contributed by atoms with Gasteiger partial charge >= 0.3 is 15.6 Å². The van der Waals surface area contributed by atoms with E-state index in [1.807, 2.05) is 0 Å². The molecule has 0 saturated carbocycles. The zero-order chi connectivity index (χ0) is 10.6.